The van der Waals surface area contributed by atoms with Gasteiger partial charge in [0.05, 0.1) is 0 Å². The number of aromatic nitrogens is 3. The summed E-state index contributed by atoms with van der Waals surface area (Å²) >= 11 is 0. The van der Waals surface area contributed by atoms with Crippen molar-refractivity contribution < 1.29 is 8.78 Å². The van der Waals surface area contributed by atoms with Crippen LogP contribution in [0.2, 0.25) is 0 Å². The molecule has 2 aromatic rings. The minimum atomic E-state index is -1.31. The maximum atomic E-state index is 13.5. The zero-order valence-electron chi connectivity index (χ0n) is 14.3. The molecule has 3 atom stereocenters. The molecule has 0 saturated heterocycles. The second-order valence-electron chi connectivity index (χ2n) is 6.62. The van der Waals surface area contributed by atoms with Crippen molar-refractivity contribution >= 4 is 11.9 Å². The van der Waals surface area contributed by atoms with E-state index in [2.05, 4.69) is 20.3 Å². The maximum Gasteiger partial charge on any atom is 0.228 e. The van der Waals surface area contributed by atoms with Crippen molar-refractivity contribution in [2.45, 2.75) is 51.2 Å². The third-order valence-electron chi connectivity index (χ3n) is 4.64. The van der Waals surface area contributed by atoms with E-state index in [4.69, 9.17) is 5.73 Å². The summed E-state index contributed by atoms with van der Waals surface area (Å²) in [5, 5.41) is 3.30. The van der Waals surface area contributed by atoms with E-state index < -0.39 is 6.17 Å². The van der Waals surface area contributed by atoms with Crippen LogP contribution in [-0.2, 0) is 6.42 Å². The zero-order valence-corrected chi connectivity index (χ0v) is 14.3. The van der Waals surface area contributed by atoms with E-state index in [0.29, 0.717) is 11.9 Å². The van der Waals surface area contributed by atoms with E-state index in [1.165, 1.54) is 13.0 Å². The van der Waals surface area contributed by atoms with Gasteiger partial charge in [-0.15, -0.1) is 0 Å². The summed E-state index contributed by atoms with van der Waals surface area (Å²) in [4.78, 5) is 12.0. The van der Waals surface area contributed by atoms with Crippen LogP contribution in [-0.4, -0.2) is 21.0 Å². The fraction of sp³-hybridized carbons (Fsp3) is 0.500. The number of rotatable bonds is 5. The monoisotopic (exact) mass is 347 g/mol. The van der Waals surface area contributed by atoms with Gasteiger partial charge in [0.2, 0.25) is 11.9 Å². The van der Waals surface area contributed by atoms with Gasteiger partial charge in [-0.05, 0) is 49.8 Å². The molecule has 7 heteroatoms. The van der Waals surface area contributed by atoms with Crippen LogP contribution in [0.25, 0.3) is 0 Å². The number of nitrogen functional groups attached to an aromatic ring is 1. The third-order valence-corrected chi connectivity index (χ3v) is 4.64. The van der Waals surface area contributed by atoms with Crippen molar-refractivity contribution in [2.75, 3.05) is 11.1 Å². The molecule has 1 aromatic carbocycles. The number of nitrogens with one attached hydrogen (secondary N) is 1. The predicted octanol–water partition coefficient (Wildman–Crippen LogP) is 3.84. The number of benzene rings is 1. The largest absolute Gasteiger partial charge is 0.368 e. The van der Waals surface area contributed by atoms with Crippen molar-refractivity contribution in [3.8, 4) is 0 Å². The molecule has 1 fully saturated rings. The Morgan fingerprint density at radius 3 is 2.80 bits per heavy atom. The molecule has 3 rings (SSSR count). The van der Waals surface area contributed by atoms with Gasteiger partial charge >= 0.3 is 0 Å². The van der Waals surface area contributed by atoms with Gasteiger partial charge in [-0.2, -0.15) is 15.0 Å². The van der Waals surface area contributed by atoms with Crippen LogP contribution in [0.1, 0.15) is 50.2 Å². The first kappa shape index (κ1) is 17.5. The zero-order chi connectivity index (χ0) is 17.8. The van der Waals surface area contributed by atoms with Crippen LogP contribution in [0, 0.1) is 11.7 Å². The maximum absolute atomic E-state index is 13.5. The third kappa shape index (κ3) is 4.61. The summed E-state index contributed by atoms with van der Waals surface area (Å²) in [6, 6.07) is 6.85. The molecular weight excluding hydrogens is 324 g/mol. The molecule has 25 heavy (non-hydrogen) atoms. The Bertz CT molecular complexity index is 722. The second-order valence-corrected chi connectivity index (χ2v) is 6.62. The minimum absolute atomic E-state index is 0.00879. The summed E-state index contributed by atoms with van der Waals surface area (Å²) in [5.41, 5.74) is 6.65. The van der Waals surface area contributed by atoms with Gasteiger partial charge in [-0.1, -0.05) is 25.0 Å². The van der Waals surface area contributed by atoms with E-state index in [9.17, 15) is 8.78 Å². The minimum Gasteiger partial charge on any atom is -0.368 e. The molecule has 1 saturated carbocycles. The average Bonchev–Trinajstić information content (AvgIpc) is 2.56. The number of alkyl halides is 1. The Labute approximate surface area is 146 Å². The lowest BCUT2D eigenvalue weighted by Crippen LogP contribution is -2.34. The fourth-order valence-corrected chi connectivity index (χ4v) is 3.43. The smallest absolute Gasteiger partial charge is 0.228 e. The molecule has 0 radical (unpaired) electrons. The lowest BCUT2D eigenvalue weighted by molar-refractivity contribution is 0.321. The van der Waals surface area contributed by atoms with E-state index in [-0.39, 0.29) is 23.6 Å². The fourth-order valence-electron chi connectivity index (χ4n) is 3.43. The topological polar surface area (TPSA) is 76.7 Å². The van der Waals surface area contributed by atoms with Gasteiger partial charge in [0.15, 0.2) is 12.0 Å². The van der Waals surface area contributed by atoms with Gasteiger partial charge in [0, 0.05) is 6.04 Å². The molecule has 134 valence electrons. The molecule has 1 aliphatic carbocycles. The number of hydrogen-bond acceptors (Lipinski definition) is 5. The molecule has 0 aliphatic heterocycles. The average molecular weight is 347 g/mol. The number of nitrogens with two attached hydrogens (primary N) is 1. The van der Waals surface area contributed by atoms with Crippen molar-refractivity contribution in [3.05, 3.63) is 41.5 Å². The normalized spacial score (nSPS) is 21.7. The first-order valence-electron chi connectivity index (χ1n) is 8.68. The van der Waals surface area contributed by atoms with E-state index in [1.54, 1.807) is 12.1 Å². The van der Waals surface area contributed by atoms with Crippen LogP contribution in [0.5, 0.6) is 0 Å². The number of hydrogen-bond donors (Lipinski definition) is 2. The van der Waals surface area contributed by atoms with Crippen LogP contribution in [0.4, 0.5) is 20.7 Å². The Morgan fingerprint density at radius 2 is 2.04 bits per heavy atom. The Hall–Kier alpha value is -2.31. The summed E-state index contributed by atoms with van der Waals surface area (Å²) in [5.74, 6) is 0.467. The Balaban J connectivity index is 1.75. The Morgan fingerprint density at radius 1 is 1.24 bits per heavy atom. The SMILES string of the molecule is CC(F)c1nc(N)nc(NC2CCCCC2Cc2cccc(F)c2)n1. The molecule has 0 amide bonds. The van der Waals surface area contributed by atoms with Crippen LogP contribution < -0.4 is 11.1 Å². The molecule has 1 aromatic heterocycles. The van der Waals surface area contributed by atoms with E-state index in [1.807, 2.05) is 6.07 Å². The first-order valence-corrected chi connectivity index (χ1v) is 8.68. The molecule has 1 heterocycles. The second kappa shape index (κ2) is 7.72. The van der Waals surface area contributed by atoms with Crippen molar-refractivity contribution in [1.29, 1.82) is 0 Å². The van der Waals surface area contributed by atoms with Crippen molar-refractivity contribution in [2.24, 2.45) is 5.92 Å². The molecule has 5 nitrogen and oxygen atoms in total. The lowest BCUT2D eigenvalue weighted by Gasteiger charge is -2.32. The van der Waals surface area contributed by atoms with E-state index in [0.717, 1.165) is 37.7 Å². The van der Waals surface area contributed by atoms with Crippen molar-refractivity contribution in [3.63, 3.8) is 0 Å². The molecule has 3 N–H and O–H groups in total. The number of nitrogens with zero attached hydrogens (tertiary/aromatic N) is 3. The predicted molar refractivity (Wildman–Crippen MR) is 93.2 cm³/mol. The molecule has 1 aliphatic rings. The Kier molecular flexibility index (Phi) is 5.40. The highest BCUT2D eigenvalue weighted by atomic mass is 19.1. The number of anilines is 2. The highest BCUT2D eigenvalue weighted by Gasteiger charge is 2.26. The summed E-state index contributed by atoms with van der Waals surface area (Å²) in [6.45, 7) is 1.37. The van der Waals surface area contributed by atoms with Gasteiger partial charge in [0.1, 0.15) is 5.82 Å². The van der Waals surface area contributed by atoms with E-state index >= 15 is 0 Å². The summed E-state index contributed by atoms with van der Waals surface area (Å²) < 4.78 is 26.9. The van der Waals surface area contributed by atoms with Crippen molar-refractivity contribution in [1.82, 2.24) is 15.0 Å². The van der Waals surface area contributed by atoms with Crippen LogP contribution >= 0.6 is 0 Å². The van der Waals surface area contributed by atoms with Crippen LogP contribution in [0.15, 0.2) is 24.3 Å². The van der Waals surface area contributed by atoms with Crippen LogP contribution in [0.3, 0.4) is 0 Å². The molecular formula is C18H23F2N5. The van der Waals surface area contributed by atoms with Gasteiger partial charge in [-0.25, -0.2) is 8.78 Å². The van der Waals surface area contributed by atoms with Gasteiger partial charge < -0.3 is 11.1 Å². The molecule has 0 bridgehead atoms. The highest BCUT2D eigenvalue weighted by Crippen LogP contribution is 2.30. The summed E-state index contributed by atoms with van der Waals surface area (Å²) in [7, 11) is 0. The number of halogens is 2. The highest BCUT2D eigenvalue weighted by molar-refractivity contribution is 5.33. The van der Waals surface area contributed by atoms with Gasteiger partial charge in [-0.3, -0.25) is 0 Å². The first-order chi connectivity index (χ1) is 12.0. The summed E-state index contributed by atoms with van der Waals surface area (Å²) in [6.07, 6.45) is 3.73. The van der Waals surface area contributed by atoms with Gasteiger partial charge in [0.25, 0.3) is 0 Å². The molecule has 3 unspecified atom stereocenters. The standard InChI is InChI=1S/C18H23F2N5/c1-11(19)16-23-17(21)25-18(24-16)22-15-8-3-2-6-13(15)9-12-5-4-7-14(20)10-12/h4-5,7,10-11,13,15H,2-3,6,8-9H2,1H3,(H3,21,22,23,24,25). The molecule has 0 spiro atoms. The quantitative estimate of drug-likeness (QED) is 0.859. The lowest BCUT2D eigenvalue weighted by atomic mass is 9.81.